The van der Waals surface area contributed by atoms with Gasteiger partial charge in [-0.05, 0) is 24.1 Å². The van der Waals surface area contributed by atoms with Crippen molar-refractivity contribution in [2.45, 2.75) is 37.7 Å². The van der Waals surface area contributed by atoms with Crippen LogP contribution < -0.4 is 10.6 Å². The molecule has 1 aliphatic heterocycles. The second-order valence-corrected chi connectivity index (χ2v) is 8.46. The molecule has 0 spiro atoms. The monoisotopic (exact) mass is 419 g/mol. The fourth-order valence-corrected chi connectivity index (χ4v) is 4.52. The van der Waals surface area contributed by atoms with E-state index >= 15 is 0 Å². The van der Waals surface area contributed by atoms with Gasteiger partial charge in [0.2, 0.25) is 15.9 Å². The zero-order valence-corrected chi connectivity index (χ0v) is 17.5. The molecule has 2 unspecified atom stereocenters. The maximum atomic E-state index is 12.4. The average Bonchev–Trinajstić information content (AvgIpc) is 3.04. The topological polar surface area (TPSA) is 98.7 Å². The summed E-state index contributed by atoms with van der Waals surface area (Å²) in [6.45, 7) is 6.25. The number of benzene rings is 1. The van der Waals surface area contributed by atoms with Crippen molar-refractivity contribution in [1.82, 2.24) is 14.9 Å². The van der Waals surface area contributed by atoms with Crippen LogP contribution in [-0.4, -0.2) is 62.6 Å². The number of aryl methyl sites for hydroxylation is 1. The molecule has 154 valence electrons. The van der Waals surface area contributed by atoms with Gasteiger partial charge in [0.1, 0.15) is 0 Å². The fourth-order valence-electron chi connectivity index (χ4n) is 3.06. The van der Waals surface area contributed by atoms with Crippen LogP contribution in [0.2, 0.25) is 0 Å². The normalized spacial score (nSPS) is 19.7. The highest BCUT2D eigenvalue weighted by atomic mass is 35.5. The molecule has 0 aliphatic carbocycles. The molecular weight excluding hydrogens is 390 g/mol. The van der Waals surface area contributed by atoms with Crippen molar-refractivity contribution in [3.05, 3.63) is 29.8 Å². The van der Waals surface area contributed by atoms with E-state index in [0.29, 0.717) is 45.6 Å². The molecule has 3 N–H and O–H groups in total. The van der Waals surface area contributed by atoms with Crippen LogP contribution in [0.1, 0.15) is 25.8 Å². The van der Waals surface area contributed by atoms with E-state index in [1.54, 1.807) is 24.3 Å². The smallest absolute Gasteiger partial charge is 0.243 e. The minimum Gasteiger partial charge on any atom is -0.391 e. The lowest BCUT2D eigenvalue weighted by Crippen LogP contribution is -2.34. The minimum absolute atomic E-state index is 0. The Balaban J connectivity index is 0.00000364. The molecule has 1 fully saturated rings. The van der Waals surface area contributed by atoms with Gasteiger partial charge in [-0.3, -0.25) is 4.79 Å². The van der Waals surface area contributed by atoms with E-state index in [1.165, 1.54) is 4.31 Å². The number of aliphatic hydroxyl groups is 1. The summed E-state index contributed by atoms with van der Waals surface area (Å²) in [5, 5.41) is 15.6. The zero-order valence-electron chi connectivity index (χ0n) is 15.8. The van der Waals surface area contributed by atoms with E-state index in [-0.39, 0.29) is 29.1 Å². The van der Waals surface area contributed by atoms with Crippen molar-refractivity contribution >= 4 is 28.3 Å². The van der Waals surface area contributed by atoms with Crippen LogP contribution in [0.5, 0.6) is 0 Å². The SMILES string of the molecule is CCN(CC)S(=O)(=O)c1ccc(CCC(=O)NCC2CNCC2O)cc1.Cl. The molecule has 27 heavy (non-hydrogen) atoms. The van der Waals surface area contributed by atoms with Gasteiger partial charge in [-0.25, -0.2) is 8.42 Å². The molecule has 1 amide bonds. The largest absolute Gasteiger partial charge is 0.391 e. The summed E-state index contributed by atoms with van der Waals surface area (Å²) < 4.78 is 26.3. The number of rotatable bonds is 9. The molecular formula is C18H30ClN3O4S. The Morgan fingerprint density at radius 2 is 1.85 bits per heavy atom. The molecule has 2 atom stereocenters. The first-order valence-electron chi connectivity index (χ1n) is 9.13. The first-order chi connectivity index (χ1) is 12.4. The third-order valence-electron chi connectivity index (χ3n) is 4.77. The Morgan fingerprint density at radius 1 is 1.22 bits per heavy atom. The number of amides is 1. The third-order valence-corrected chi connectivity index (χ3v) is 6.84. The molecule has 7 nitrogen and oxygen atoms in total. The van der Waals surface area contributed by atoms with Crippen LogP contribution in [0.25, 0.3) is 0 Å². The number of nitrogens with one attached hydrogen (secondary N) is 2. The molecule has 2 rings (SSSR count). The average molecular weight is 420 g/mol. The lowest BCUT2D eigenvalue weighted by atomic mass is 10.1. The van der Waals surface area contributed by atoms with Crippen molar-refractivity contribution in [3.63, 3.8) is 0 Å². The minimum atomic E-state index is -3.45. The van der Waals surface area contributed by atoms with Crippen molar-refractivity contribution in [2.24, 2.45) is 5.92 Å². The van der Waals surface area contributed by atoms with Crippen molar-refractivity contribution in [3.8, 4) is 0 Å². The molecule has 1 aromatic carbocycles. The van der Waals surface area contributed by atoms with Crippen molar-refractivity contribution in [2.75, 3.05) is 32.7 Å². The number of carbonyl (C=O) groups is 1. The maximum Gasteiger partial charge on any atom is 0.243 e. The van der Waals surface area contributed by atoms with Gasteiger partial charge in [0.05, 0.1) is 11.0 Å². The Labute approximate surface area is 168 Å². The zero-order chi connectivity index (χ0) is 19.2. The number of sulfonamides is 1. The number of halogens is 1. The summed E-state index contributed by atoms with van der Waals surface area (Å²) in [6.07, 6.45) is 0.469. The van der Waals surface area contributed by atoms with E-state index < -0.39 is 16.1 Å². The van der Waals surface area contributed by atoms with Gasteiger partial charge >= 0.3 is 0 Å². The van der Waals surface area contributed by atoms with Crippen LogP contribution >= 0.6 is 12.4 Å². The summed E-state index contributed by atoms with van der Waals surface area (Å²) >= 11 is 0. The van der Waals surface area contributed by atoms with E-state index in [2.05, 4.69) is 10.6 Å². The second kappa shape index (κ2) is 11.0. The van der Waals surface area contributed by atoms with Gasteiger partial charge in [-0.2, -0.15) is 4.31 Å². The van der Waals surface area contributed by atoms with Gasteiger partial charge in [-0.15, -0.1) is 12.4 Å². The number of nitrogens with zero attached hydrogens (tertiary/aromatic N) is 1. The fraction of sp³-hybridized carbons (Fsp3) is 0.611. The summed E-state index contributed by atoms with van der Waals surface area (Å²) in [6, 6.07) is 6.71. The Kier molecular flexibility index (Phi) is 9.69. The van der Waals surface area contributed by atoms with Gasteiger partial charge in [-0.1, -0.05) is 26.0 Å². The highest BCUT2D eigenvalue weighted by Gasteiger charge is 2.25. The first kappa shape index (κ1) is 23.8. The molecule has 0 radical (unpaired) electrons. The predicted molar refractivity (Wildman–Crippen MR) is 107 cm³/mol. The summed E-state index contributed by atoms with van der Waals surface area (Å²) in [5.74, 6) is -0.00698. The molecule has 1 heterocycles. The molecule has 0 saturated carbocycles. The highest BCUT2D eigenvalue weighted by Crippen LogP contribution is 2.17. The molecule has 0 bridgehead atoms. The summed E-state index contributed by atoms with van der Waals surface area (Å²) in [4.78, 5) is 12.2. The first-order valence-corrected chi connectivity index (χ1v) is 10.6. The Morgan fingerprint density at radius 3 is 2.37 bits per heavy atom. The van der Waals surface area contributed by atoms with Gasteiger partial charge in [0.25, 0.3) is 0 Å². The van der Waals surface area contributed by atoms with Crippen LogP contribution in [0, 0.1) is 5.92 Å². The summed E-state index contributed by atoms with van der Waals surface area (Å²) in [5.41, 5.74) is 0.918. The van der Waals surface area contributed by atoms with Gasteiger partial charge in [0, 0.05) is 45.1 Å². The van der Waals surface area contributed by atoms with E-state index in [0.717, 1.165) is 5.56 Å². The predicted octanol–water partition coefficient (Wildman–Crippen LogP) is 0.768. The van der Waals surface area contributed by atoms with E-state index in [4.69, 9.17) is 0 Å². The van der Waals surface area contributed by atoms with Crippen LogP contribution in [0.4, 0.5) is 0 Å². The van der Waals surface area contributed by atoms with Crippen molar-refractivity contribution in [1.29, 1.82) is 0 Å². The number of carbonyl (C=O) groups excluding carboxylic acids is 1. The number of β-amino-alcohol motifs (C(OH)–C–C–N with tert-alkyl or cyclic N) is 1. The highest BCUT2D eigenvalue weighted by molar-refractivity contribution is 7.89. The Bertz CT molecular complexity index is 693. The van der Waals surface area contributed by atoms with Crippen LogP contribution in [0.15, 0.2) is 29.2 Å². The lowest BCUT2D eigenvalue weighted by Gasteiger charge is -2.18. The molecule has 9 heteroatoms. The quantitative estimate of drug-likeness (QED) is 0.549. The lowest BCUT2D eigenvalue weighted by molar-refractivity contribution is -0.121. The number of hydrogen-bond acceptors (Lipinski definition) is 5. The van der Waals surface area contributed by atoms with Gasteiger partial charge < -0.3 is 15.7 Å². The molecule has 0 aromatic heterocycles. The molecule has 1 saturated heterocycles. The molecule has 1 aliphatic rings. The van der Waals surface area contributed by atoms with Crippen LogP contribution in [0.3, 0.4) is 0 Å². The third kappa shape index (κ3) is 6.43. The Hall–Kier alpha value is -1.19. The van der Waals surface area contributed by atoms with Crippen LogP contribution in [-0.2, 0) is 21.2 Å². The van der Waals surface area contributed by atoms with E-state index in [9.17, 15) is 18.3 Å². The standard InChI is InChI=1S/C18H29N3O4S.ClH/c1-3-21(4-2)26(24,25)16-8-5-14(6-9-16)7-10-18(23)20-12-15-11-19-13-17(15)22;/h5-6,8-9,15,17,19,22H,3-4,7,10-13H2,1-2H3,(H,20,23);1H. The summed E-state index contributed by atoms with van der Waals surface area (Å²) in [7, 11) is -3.45. The van der Waals surface area contributed by atoms with Gasteiger partial charge in [0.15, 0.2) is 0 Å². The second-order valence-electron chi connectivity index (χ2n) is 6.52. The number of aliphatic hydroxyl groups excluding tert-OH is 1. The van der Waals surface area contributed by atoms with E-state index in [1.807, 2.05) is 13.8 Å². The maximum absolute atomic E-state index is 12.4. The number of hydrogen-bond donors (Lipinski definition) is 3. The molecule has 1 aromatic rings. The van der Waals surface area contributed by atoms with Crippen molar-refractivity contribution < 1.29 is 18.3 Å².